The fourth-order valence-electron chi connectivity index (χ4n) is 2.10. The van der Waals surface area contributed by atoms with Crippen molar-refractivity contribution in [2.45, 2.75) is 83.7 Å². The maximum Gasteiger partial charge on any atom is 0.348 e. The van der Waals surface area contributed by atoms with Crippen LogP contribution in [0, 0.1) is 0 Å². The predicted octanol–water partition coefficient (Wildman–Crippen LogP) is 4.22. The zero-order valence-corrected chi connectivity index (χ0v) is 10.7. The molecule has 0 aromatic carbocycles. The first-order valence-corrected chi connectivity index (χ1v) is 7.05. The molecule has 0 aliphatic carbocycles. The van der Waals surface area contributed by atoms with E-state index in [4.69, 9.17) is 4.74 Å². The summed E-state index contributed by atoms with van der Waals surface area (Å²) >= 11 is 0. The third-order valence-electron chi connectivity index (χ3n) is 3.28. The van der Waals surface area contributed by atoms with E-state index in [9.17, 15) is 4.79 Å². The summed E-state index contributed by atoms with van der Waals surface area (Å²) in [7, 11) is 0. The standard InChI is InChI=1S/C14H26O2/c1-2-3-4-5-6-7-8-9-10-11-12-13-14(15)16-13/h13H,2-12H2,1H3. The number of cyclic esters (lactones) is 1. The SMILES string of the molecule is CCCCCCCCCCCCC1OC1=O. The Bertz CT molecular complexity index is 189. The van der Waals surface area contributed by atoms with E-state index in [2.05, 4.69) is 6.92 Å². The molecule has 0 radical (unpaired) electrons. The highest BCUT2D eigenvalue weighted by Crippen LogP contribution is 2.20. The number of hydrogen-bond acceptors (Lipinski definition) is 2. The maximum absolute atomic E-state index is 10.6. The van der Waals surface area contributed by atoms with Crippen LogP contribution in [0.4, 0.5) is 0 Å². The summed E-state index contributed by atoms with van der Waals surface area (Å²) in [5.41, 5.74) is 0. The van der Waals surface area contributed by atoms with E-state index in [0.717, 1.165) is 12.8 Å². The van der Waals surface area contributed by atoms with Crippen LogP contribution in [0.5, 0.6) is 0 Å². The van der Waals surface area contributed by atoms with Gasteiger partial charge in [-0.1, -0.05) is 64.7 Å². The molecule has 1 rings (SSSR count). The van der Waals surface area contributed by atoms with E-state index in [1.165, 1.54) is 57.8 Å². The Hall–Kier alpha value is -0.530. The summed E-state index contributed by atoms with van der Waals surface area (Å²) in [4.78, 5) is 10.6. The van der Waals surface area contributed by atoms with Gasteiger partial charge in [0.2, 0.25) is 0 Å². The van der Waals surface area contributed by atoms with Gasteiger partial charge in [-0.15, -0.1) is 0 Å². The first-order valence-electron chi connectivity index (χ1n) is 7.05. The fraction of sp³-hybridized carbons (Fsp3) is 0.929. The van der Waals surface area contributed by atoms with Gasteiger partial charge in [-0.3, -0.25) is 0 Å². The van der Waals surface area contributed by atoms with Crippen molar-refractivity contribution in [3.05, 3.63) is 0 Å². The van der Waals surface area contributed by atoms with E-state index < -0.39 is 0 Å². The van der Waals surface area contributed by atoms with Crippen molar-refractivity contribution in [1.29, 1.82) is 0 Å². The molecule has 0 aromatic heterocycles. The van der Waals surface area contributed by atoms with Crippen molar-refractivity contribution >= 4 is 5.97 Å². The van der Waals surface area contributed by atoms with Gasteiger partial charge in [0.05, 0.1) is 0 Å². The molecule has 0 spiro atoms. The molecule has 1 fully saturated rings. The van der Waals surface area contributed by atoms with Crippen LogP contribution in [0.25, 0.3) is 0 Å². The predicted molar refractivity (Wildman–Crippen MR) is 66.3 cm³/mol. The number of carbonyl (C=O) groups is 1. The smallest absolute Gasteiger partial charge is 0.348 e. The normalized spacial score (nSPS) is 18.6. The number of unbranched alkanes of at least 4 members (excludes halogenated alkanes) is 9. The van der Waals surface area contributed by atoms with Gasteiger partial charge in [0, 0.05) is 0 Å². The fourth-order valence-corrected chi connectivity index (χ4v) is 2.10. The average molecular weight is 226 g/mol. The summed E-state index contributed by atoms with van der Waals surface area (Å²) in [6.45, 7) is 2.26. The van der Waals surface area contributed by atoms with Crippen molar-refractivity contribution < 1.29 is 9.53 Å². The topological polar surface area (TPSA) is 29.6 Å². The molecule has 1 aliphatic rings. The van der Waals surface area contributed by atoms with Crippen molar-refractivity contribution in [3.63, 3.8) is 0 Å². The quantitative estimate of drug-likeness (QED) is 0.390. The number of epoxide rings is 1. The van der Waals surface area contributed by atoms with Crippen LogP contribution in [0.15, 0.2) is 0 Å². The summed E-state index contributed by atoms with van der Waals surface area (Å²) in [5, 5.41) is 0. The van der Waals surface area contributed by atoms with Crippen molar-refractivity contribution in [3.8, 4) is 0 Å². The second kappa shape index (κ2) is 8.60. The number of carbonyl (C=O) groups excluding carboxylic acids is 1. The summed E-state index contributed by atoms with van der Waals surface area (Å²) in [6, 6.07) is 0. The van der Waals surface area contributed by atoms with Crippen LogP contribution in [-0.2, 0) is 9.53 Å². The average Bonchev–Trinajstić information content (AvgIpc) is 2.97. The summed E-state index contributed by atoms with van der Waals surface area (Å²) in [6.07, 6.45) is 14.4. The van der Waals surface area contributed by atoms with Crippen molar-refractivity contribution in [2.24, 2.45) is 0 Å². The molecule has 0 saturated carbocycles. The van der Waals surface area contributed by atoms with Gasteiger partial charge in [-0.25, -0.2) is 4.79 Å². The number of ether oxygens (including phenoxy) is 1. The van der Waals surface area contributed by atoms with Crippen molar-refractivity contribution in [1.82, 2.24) is 0 Å². The van der Waals surface area contributed by atoms with Crippen LogP contribution in [0.3, 0.4) is 0 Å². The lowest BCUT2D eigenvalue weighted by Gasteiger charge is -2.01. The molecule has 1 unspecified atom stereocenters. The summed E-state index contributed by atoms with van der Waals surface area (Å²) in [5.74, 6) is 0.0101. The molecule has 1 saturated heterocycles. The van der Waals surface area contributed by atoms with E-state index in [1.54, 1.807) is 0 Å². The van der Waals surface area contributed by atoms with Crippen LogP contribution >= 0.6 is 0 Å². The second-order valence-corrected chi connectivity index (χ2v) is 4.90. The molecule has 2 heteroatoms. The van der Waals surface area contributed by atoms with Crippen LogP contribution in [0.1, 0.15) is 77.6 Å². The Morgan fingerprint density at radius 2 is 1.31 bits per heavy atom. The van der Waals surface area contributed by atoms with Crippen LogP contribution < -0.4 is 0 Å². The molecule has 94 valence electrons. The third kappa shape index (κ3) is 6.86. The van der Waals surface area contributed by atoms with Gasteiger partial charge in [0.25, 0.3) is 0 Å². The molecule has 0 amide bonds. The molecule has 1 heterocycles. The first kappa shape index (κ1) is 13.5. The molecule has 1 atom stereocenters. The monoisotopic (exact) mass is 226 g/mol. The highest BCUT2D eigenvalue weighted by atomic mass is 16.6. The Morgan fingerprint density at radius 3 is 1.75 bits per heavy atom. The molecule has 1 aliphatic heterocycles. The van der Waals surface area contributed by atoms with Gasteiger partial charge >= 0.3 is 5.97 Å². The molecule has 0 aromatic rings. The highest BCUT2D eigenvalue weighted by Gasteiger charge is 2.36. The lowest BCUT2D eigenvalue weighted by Crippen LogP contribution is -1.88. The summed E-state index contributed by atoms with van der Waals surface area (Å²) < 4.78 is 4.76. The maximum atomic E-state index is 10.6. The Labute approximate surface area is 99.8 Å². The molecular formula is C14H26O2. The minimum absolute atomic E-state index is 0.0101. The number of hydrogen-bond donors (Lipinski definition) is 0. The lowest BCUT2D eigenvalue weighted by atomic mass is 10.1. The zero-order chi connectivity index (χ0) is 11.6. The van der Waals surface area contributed by atoms with E-state index in [0.29, 0.717) is 0 Å². The minimum atomic E-state index is -0.0194. The highest BCUT2D eigenvalue weighted by molar-refractivity contribution is 5.87. The van der Waals surface area contributed by atoms with Crippen LogP contribution in [-0.4, -0.2) is 12.1 Å². The minimum Gasteiger partial charge on any atom is -0.448 e. The van der Waals surface area contributed by atoms with Crippen molar-refractivity contribution in [2.75, 3.05) is 0 Å². The second-order valence-electron chi connectivity index (χ2n) is 4.90. The van der Waals surface area contributed by atoms with Gasteiger partial charge in [0.15, 0.2) is 6.10 Å². The molecule has 2 nitrogen and oxygen atoms in total. The Kier molecular flexibility index (Phi) is 7.28. The molecule has 0 N–H and O–H groups in total. The third-order valence-corrected chi connectivity index (χ3v) is 3.28. The van der Waals surface area contributed by atoms with E-state index in [-0.39, 0.29) is 12.1 Å². The van der Waals surface area contributed by atoms with E-state index >= 15 is 0 Å². The molecule has 16 heavy (non-hydrogen) atoms. The molecular weight excluding hydrogens is 200 g/mol. The Morgan fingerprint density at radius 1 is 0.875 bits per heavy atom. The molecule has 0 bridgehead atoms. The number of rotatable bonds is 11. The van der Waals surface area contributed by atoms with Crippen LogP contribution in [0.2, 0.25) is 0 Å². The van der Waals surface area contributed by atoms with Gasteiger partial charge < -0.3 is 4.74 Å². The van der Waals surface area contributed by atoms with Gasteiger partial charge in [0.1, 0.15) is 0 Å². The van der Waals surface area contributed by atoms with Gasteiger partial charge in [-0.2, -0.15) is 0 Å². The first-order chi connectivity index (χ1) is 7.84. The Balaban J connectivity index is 1.66. The van der Waals surface area contributed by atoms with E-state index in [1.807, 2.05) is 0 Å². The zero-order valence-electron chi connectivity index (χ0n) is 10.7. The largest absolute Gasteiger partial charge is 0.448 e. The lowest BCUT2D eigenvalue weighted by molar-refractivity contribution is -0.117. The van der Waals surface area contributed by atoms with Gasteiger partial charge in [-0.05, 0) is 12.8 Å².